The molecular formula is C19H21NO6. The molecule has 3 rings (SSSR count). The highest BCUT2D eigenvalue weighted by Crippen LogP contribution is 2.38. The van der Waals surface area contributed by atoms with E-state index in [1.807, 2.05) is 12.1 Å². The maximum Gasteiger partial charge on any atom is 0.254 e. The number of ether oxygens (including phenoxy) is 5. The summed E-state index contributed by atoms with van der Waals surface area (Å²) in [7, 11) is 6.40. The zero-order valence-corrected chi connectivity index (χ0v) is 15.2. The number of carbonyl (C=O) groups excluding carboxylic acids is 1. The summed E-state index contributed by atoms with van der Waals surface area (Å²) in [6, 6.07) is 8.80. The first-order valence-corrected chi connectivity index (χ1v) is 8.01. The van der Waals surface area contributed by atoms with Gasteiger partial charge in [-0.1, -0.05) is 0 Å². The van der Waals surface area contributed by atoms with Crippen LogP contribution in [0.15, 0.2) is 30.3 Å². The van der Waals surface area contributed by atoms with Crippen molar-refractivity contribution >= 4 is 5.91 Å². The molecule has 0 bridgehead atoms. The maximum absolute atomic E-state index is 12.7. The van der Waals surface area contributed by atoms with E-state index in [-0.39, 0.29) is 12.7 Å². The Hall–Kier alpha value is -3.09. The first-order valence-electron chi connectivity index (χ1n) is 8.01. The Morgan fingerprint density at radius 3 is 2.27 bits per heavy atom. The van der Waals surface area contributed by atoms with E-state index < -0.39 is 0 Å². The predicted molar refractivity (Wildman–Crippen MR) is 94.5 cm³/mol. The van der Waals surface area contributed by atoms with Crippen LogP contribution in [0.1, 0.15) is 15.9 Å². The van der Waals surface area contributed by atoms with Gasteiger partial charge in [0.25, 0.3) is 5.91 Å². The Morgan fingerprint density at radius 2 is 1.65 bits per heavy atom. The van der Waals surface area contributed by atoms with Crippen molar-refractivity contribution in [2.75, 3.05) is 35.2 Å². The third kappa shape index (κ3) is 3.33. The van der Waals surface area contributed by atoms with Crippen molar-refractivity contribution in [1.82, 2.24) is 4.90 Å². The van der Waals surface area contributed by atoms with Crippen LogP contribution in [0, 0.1) is 0 Å². The van der Waals surface area contributed by atoms with Crippen molar-refractivity contribution in [2.45, 2.75) is 6.54 Å². The van der Waals surface area contributed by atoms with Crippen LogP contribution in [-0.2, 0) is 6.54 Å². The summed E-state index contributed by atoms with van der Waals surface area (Å²) in [4.78, 5) is 14.3. The fourth-order valence-corrected chi connectivity index (χ4v) is 2.82. The zero-order chi connectivity index (χ0) is 18.7. The van der Waals surface area contributed by atoms with E-state index >= 15 is 0 Å². The molecule has 1 amide bonds. The Kier molecular flexibility index (Phi) is 5.06. The minimum atomic E-state index is -0.128. The van der Waals surface area contributed by atoms with Crippen molar-refractivity contribution < 1.29 is 28.5 Å². The standard InChI is InChI=1S/C19H21NO6/c1-20(19(21)13-5-6-14-15(9-13)26-11-25-14)10-12-7-16(22-2)18(24-4)17(8-12)23-3/h5-9H,10-11H2,1-4H3. The summed E-state index contributed by atoms with van der Waals surface area (Å²) in [5.74, 6) is 2.71. The number of rotatable bonds is 6. The molecule has 26 heavy (non-hydrogen) atoms. The van der Waals surface area contributed by atoms with E-state index in [1.54, 1.807) is 51.5 Å². The largest absolute Gasteiger partial charge is 0.493 e. The molecule has 0 N–H and O–H groups in total. The van der Waals surface area contributed by atoms with E-state index in [0.29, 0.717) is 40.9 Å². The number of amides is 1. The summed E-state index contributed by atoms with van der Waals surface area (Å²) < 4.78 is 26.6. The molecule has 138 valence electrons. The van der Waals surface area contributed by atoms with Gasteiger partial charge >= 0.3 is 0 Å². The molecule has 0 unspecified atom stereocenters. The molecule has 0 fully saturated rings. The number of benzene rings is 2. The van der Waals surface area contributed by atoms with E-state index in [1.165, 1.54) is 0 Å². The normalized spacial score (nSPS) is 11.8. The third-order valence-electron chi connectivity index (χ3n) is 4.11. The second-order valence-corrected chi connectivity index (χ2v) is 5.76. The number of fused-ring (bicyclic) bond motifs is 1. The average molecular weight is 359 g/mol. The molecule has 7 heteroatoms. The van der Waals surface area contributed by atoms with Gasteiger partial charge in [-0.15, -0.1) is 0 Å². The molecule has 1 aliphatic rings. The molecule has 2 aromatic rings. The minimum absolute atomic E-state index is 0.128. The zero-order valence-electron chi connectivity index (χ0n) is 15.2. The van der Waals surface area contributed by atoms with Crippen LogP contribution in [0.2, 0.25) is 0 Å². The predicted octanol–water partition coefficient (Wildman–Crippen LogP) is 2.71. The van der Waals surface area contributed by atoms with Gasteiger partial charge in [0.05, 0.1) is 21.3 Å². The van der Waals surface area contributed by atoms with Crippen molar-refractivity contribution in [2.24, 2.45) is 0 Å². The fraction of sp³-hybridized carbons (Fsp3) is 0.316. The molecule has 0 aliphatic carbocycles. The van der Waals surface area contributed by atoms with E-state index in [2.05, 4.69) is 0 Å². The van der Waals surface area contributed by atoms with Gasteiger partial charge in [0.2, 0.25) is 12.5 Å². The van der Waals surface area contributed by atoms with Crippen molar-refractivity contribution in [3.63, 3.8) is 0 Å². The summed E-state index contributed by atoms with van der Waals surface area (Å²) in [6.45, 7) is 0.554. The van der Waals surface area contributed by atoms with Crippen molar-refractivity contribution in [3.05, 3.63) is 41.5 Å². The van der Waals surface area contributed by atoms with Gasteiger partial charge in [-0.2, -0.15) is 0 Å². The molecule has 7 nitrogen and oxygen atoms in total. The lowest BCUT2D eigenvalue weighted by atomic mass is 10.1. The number of hydrogen-bond acceptors (Lipinski definition) is 6. The topological polar surface area (TPSA) is 66.5 Å². The lowest BCUT2D eigenvalue weighted by Crippen LogP contribution is -2.26. The average Bonchev–Trinajstić information content (AvgIpc) is 3.14. The molecule has 0 saturated heterocycles. The highest BCUT2D eigenvalue weighted by atomic mass is 16.7. The Bertz CT molecular complexity index is 795. The maximum atomic E-state index is 12.7. The summed E-state index contributed by atoms with van der Waals surface area (Å²) in [5.41, 5.74) is 1.39. The van der Waals surface area contributed by atoms with Crippen LogP contribution in [0.5, 0.6) is 28.7 Å². The lowest BCUT2D eigenvalue weighted by molar-refractivity contribution is 0.0784. The first-order chi connectivity index (χ1) is 12.6. The number of methoxy groups -OCH3 is 3. The highest BCUT2D eigenvalue weighted by molar-refractivity contribution is 5.94. The molecular weight excluding hydrogens is 338 g/mol. The molecule has 0 saturated carbocycles. The number of hydrogen-bond donors (Lipinski definition) is 0. The van der Waals surface area contributed by atoms with Crippen LogP contribution in [-0.4, -0.2) is 46.0 Å². The minimum Gasteiger partial charge on any atom is -0.493 e. The second-order valence-electron chi connectivity index (χ2n) is 5.76. The molecule has 2 aromatic carbocycles. The summed E-state index contributed by atoms with van der Waals surface area (Å²) >= 11 is 0. The van der Waals surface area contributed by atoms with Crippen LogP contribution in [0.25, 0.3) is 0 Å². The van der Waals surface area contributed by atoms with E-state index in [0.717, 1.165) is 5.56 Å². The third-order valence-corrected chi connectivity index (χ3v) is 4.11. The van der Waals surface area contributed by atoms with Crippen LogP contribution >= 0.6 is 0 Å². The number of carbonyl (C=O) groups is 1. The Morgan fingerprint density at radius 1 is 1.00 bits per heavy atom. The Balaban J connectivity index is 1.81. The molecule has 0 atom stereocenters. The van der Waals surface area contributed by atoms with Crippen LogP contribution < -0.4 is 23.7 Å². The summed E-state index contributed by atoms with van der Waals surface area (Å²) in [5, 5.41) is 0. The Labute approximate surface area is 152 Å². The van der Waals surface area contributed by atoms with Gasteiger partial charge in [-0.3, -0.25) is 4.79 Å². The van der Waals surface area contributed by atoms with Crippen LogP contribution in [0.3, 0.4) is 0 Å². The summed E-state index contributed by atoms with van der Waals surface area (Å²) in [6.07, 6.45) is 0. The molecule has 0 spiro atoms. The van der Waals surface area contributed by atoms with Gasteiger partial charge in [0.15, 0.2) is 23.0 Å². The monoisotopic (exact) mass is 359 g/mol. The smallest absolute Gasteiger partial charge is 0.254 e. The van der Waals surface area contributed by atoms with Gasteiger partial charge in [0, 0.05) is 19.2 Å². The van der Waals surface area contributed by atoms with Gasteiger partial charge in [-0.05, 0) is 35.9 Å². The SMILES string of the molecule is COc1cc(CN(C)C(=O)c2ccc3c(c2)OCO3)cc(OC)c1OC. The van der Waals surface area contributed by atoms with Crippen LogP contribution in [0.4, 0.5) is 0 Å². The van der Waals surface area contributed by atoms with E-state index in [4.69, 9.17) is 23.7 Å². The fourth-order valence-electron chi connectivity index (χ4n) is 2.82. The number of nitrogens with zero attached hydrogens (tertiary/aromatic N) is 1. The van der Waals surface area contributed by atoms with Crippen molar-refractivity contribution in [1.29, 1.82) is 0 Å². The molecule has 1 heterocycles. The first kappa shape index (κ1) is 17.7. The molecule has 0 aromatic heterocycles. The second kappa shape index (κ2) is 7.43. The molecule has 0 radical (unpaired) electrons. The van der Waals surface area contributed by atoms with E-state index in [9.17, 15) is 4.79 Å². The van der Waals surface area contributed by atoms with Gasteiger partial charge in [-0.25, -0.2) is 0 Å². The van der Waals surface area contributed by atoms with Gasteiger partial charge in [0.1, 0.15) is 0 Å². The quantitative estimate of drug-likeness (QED) is 0.790. The van der Waals surface area contributed by atoms with Gasteiger partial charge < -0.3 is 28.6 Å². The highest BCUT2D eigenvalue weighted by Gasteiger charge is 2.20. The molecule has 1 aliphatic heterocycles. The van der Waals surface area contributed by atoms with Crippen molar-refractivity contribution in [3.8, 4) is 28.7 Å². The lowest BCUT2D eigenvalue weighted by Gasteiger charge is -2.20.